The average Bonchev–Trinajstić information content (AvgIpc) is 2.75. The van der Waals surface area contributed by atoms with E-state index in [9.17, 15) is 9.59 Å². The molecule has 0 rings (SSSR count). The van der Waals surface area contributed by atoms with E-state index in [4.69, 9.17) is 25.3 Å². The molecule has 0 unspecified atom stereocenters. The molecule has 0 aromatic heterocycles. The Bertz CT molecular complexity index is 534. The molecule has 0 radical (unpaired) electrons. The Morgan fingerprint density at radius 1 is 0.774 bits per heavy atom. The Balaban J connectivity index is 4.18. The van der Waals surface area contributed by atoms with Gasteiger partial charge in [-0.15, -0.1) is 0 Å². The van der Waals surface area contributed by atoms with Gasteiger partial charge in [0.1, 0.15) is 11.6 Å². The van der Waals surface area contributed by atoms with Crippen molar-refractivity contribution in [1.29, 1.82) is 0 Å². The zero-order valence-corrected chi connectivity index (χ0v) is 18.5. The molecular formula is C19H35N7O5. The number of carbonyl (C=O) groups excluding carboxylic acids is 2. The van der Waals surface area contributed by atoms with E-state index in [0.29, 0.717) is 71.9 Å². The minimum absolute atomic E-state index is 0.0447. The summed E-state index contributed by atoms with van der Waals surface area (Å²) < 4.78 is 16.1. The lowest BCUT2D eigenvalue weighted by atomic mass is 10.2. The summed E-state index contributed by atoms with van der Waals surface area (Å²) in [6.45, 7) is 6.12. The number of rotatable bonds is 23. The number of hydrogen-bond acceptors (Lipinski definition) is 8. The zero-order valence-electron chi connectivity index (χ0n) is 18.5. The molecule has 0 aromatic rings. The van der Waals surface area contributed by atoms with Crippen LogP contribution >= 0.6 is 0 Å². The van der Waals surface area contributed by atoms with Gasteiger partial charge in [-0.3, -0.25) is 14.5 Å². The average molecular weight is 442 g/mol. The van der Waals surface area contributed by atoms with Crippen LogP contribution in [0.5, 0.6) is 0 Å². The molecule has 0 heterocycles. The predicted molar refractivity (Wildman–Crippen MR) is 116 cm³/mol. The monoisotopic (exact) mass is 441 g/mol. The number of hydrogen-bond donors (Lipinski definition) is 0. The second-order valence-electron chi connectivity index (χ2n) is 6.74. The number of nitrogens with zero attached hydrogens (tertiary/aromatic N) is 7. The van der Waals surface area contributed by atoms with Gasteiger partial charge in [0.25, 0.3) is 0 Å². The summed E-state index contributed by atoms with van der Waals surface area (Å²) in [4.78, 5) is 31.6. The van der Waals surface area contributed by atoms with Gasteiger partial charge < -0.3 is 14.2 Å². The summed E-state index contributed by atoms with van der Waals surface area (Å²) in [6, 6.07) is 0. The number of azide groups is 2. The third kappa shape index (κ3) is 20.8. The first-order valence-electron chi connectivity index (χ1n) is 10.6. The van der Waals surface area contributed by atoms with Gasteiger partial charge >= 0.3 is 0 Å². The highest BCUT2D eigenvalue weighted by atomic mass is 16.5. The molecule has 0 fully saturated rings. The maximum Gasteiger partial charge on any atom is 0.146 e. The molecule has 0 atom stereocenters. The van der Waals surface area contributed by atoms with Gasteiger partial charge in [-0.25, -0.2) is 0 Å². The molecule has 176 valence electrons. The highest BCUT2D eigenvalue weighted by molar-refractivity contribution is 5.83. The normalized spacial score (nSPS) is 10.5. The first-order valence-corrected chi connectivity index (χ1v) is 10.6. The molecule has 0 aliphatic rings. The molecule has 0 aromatic carbocycles. The van der Waals surface area contributed by atoms with Crippen molar-refractivity contribution in [3.63, 3.8) is 0 Å². The van der Waals surface area contributed by atoms with Crippen molar-refractivity contribution in [3.8, 4) is 0 Å². The van der Waals surface area contributed by atoms with Crippen LogP contribution in [-0.2, 0) is 23.8 Å². The van der Waals surface area contributed by atoms with Gasteiger partial charge in [0, 0.05) is 62.1 Å². The van der Waals surface area contributed by atoms with Crippen molar-refractivity contribution in [2.75, 3.05) is 72.4 Å². The van der Waals surface area contributed by atoms with Crippen LogP contribution in [0.2, 0.25) is 0 Å². The van der Waals surface area contributed by atoms with E-state index in [1.54, 1.807) is 0 Å². The second kappa shape index (κ2) is 22.5. The molecule has 0 bridgehead atoms. The minimum atomic E-state index is 0.0447. The van der Waals surface area contributed by atoms with Crippen LogP contribution in [0.4, 0.5) is 0 Å². The Morgan fingerprint density at radius 2 is 1.26 bits per heavy atom. The lowest BCUT2D eigenvalue weighted by Crippen LogP contribution is -2.37. The Kier molecular flexibility index (Phi) is 20.9. The molecular weight excluding hydrogens is 406 g/mol. The van der Waals surface area contributed by atoms with E-state index in [1.165, 1.54) is 0 Å². The summed E-state index contributed by atoms with van der Waals surface area (Å²) in [5.41, 5.74) is 16.4. The van der Waals surface area contributed by atoms with Crippen molar-refractivity contribution in [2.45, 2.75) is 39.0 Å². The summed E-state index contributed by atoms with van der Waals surface area (Å²) in [7, 11) is 0. The maximum absolute atomic E-state index is 12.3. The van der Waals surface area contributed by atoms with E-state index in [1.807, 2.05) is 11.8 Å². The van der Waals surface area contributed by atoms with Crippen LogP contribution in [0.15, 0.2) is 10.2 Å². The quantitative estimate of drug-likeness (QED) is 0.102. The molecule has 0 saturated heterocycles. The highest BCUT2D eigenvalue weighted by Gasteiger charge is 2.14. The van der Waals surface area contributed by atoms with Crippen molar-refractivity contribution in [3.05, 3.63) is 20.9 Å². The van der Waals surface area contributed by atoms with E-state index >= 15 is 0 Å². The Hall–Kier alpha value is -2.20. The molecule has 0 saturated carbocycles. The summed E-state index contributed by atoms with van der Waals surface area (Å²) >= 11 is 0. The van der Waals surface area contributed by atoms with Crippen molar-refractivity contribution < 1.29 is 23.8 Å². The van der Waals surface area contributed by atoms with Crippen LogP contribution in [0.1, 0.15) is 39.0 Å². The zero-order chi connectivity index (χ0) is 23.0. The Labute approximate surface area is 183 Å². The van der Waals surface area contributed by atoms with Crippen LogP contribution in [0.3, 0.4) is 0 Å². The molecule has 0 aliphatic heterocycles. The molecule has 0 aliphatic carbocycles. The van der Waals surface area contributed by atoms with Gasteiger partial charge in [-0.05, 0) is 30.3 Å². The minimum Gasteiger partial charge on any atom is -0.381 e. The molecule has 31 heavy (non-hydrogen) atoms. The number of Topliss-reactive ketones (excluding diaryl/α,β-unsaturated/α-hetero) is 2. The van der Waals surface area contributed by atoms with Crippen LogP contribution in [0.25, 0.3) is 20.9 Å². The second-order valence-corrected chi connectivity index (χ2v) is 6.74. The smallest absolute Gasteiger partial charge is 0.146 e. The van der Waals surface area contributed by atoms with E-state index < -0.39 is 0 Å². The van der Waals surface area contributed by atoms with E-state index in [-0.39, 0.29) is 37.7 Å². The molecule has 12 nitrogen and oxygen atoms in total. The summed E-state index contributed by atoms with van der Waals surface area (Å²) in [5, 5.41) is 6.74. The third-order valence-corrected chi connectivity index (χ3v) is 3.99. The lowest BCUT2D eigenvalue weighted by molar-refractivity contribution is -0.123. The van der Waals surface area contributed by atoms with Gasteiger partial charge in [-0.2, -0.15) is 0 Å². The third-order valence-electron chi connectivity index (χ3n) is 3.99. The summed E-state index contributed by atoms with van der Waals surface area (Å²) in [5.74, 6) is 0.0895. The van der Waals surface area contributed by atoms with Crippen molar-refractivity contribution in [1.82, 2.24) is 4.90 Å². The fourth-order valence-corrected chi connectivity index (χ4v) is 2.56. The van der Waals surface area contributed by atoms with Gasteiger partial charge in [0.15, 0.2) is 0 Å². The topological polar surface area (TPSA) is 163 Å². The first kappa shape index (κ1) is 28.8. The van der Waals surface area contributed by atoms with Crippen LogP contribution in [0, 0.1) is 0 Å². The maximum atomic E-state index is 12.3. The largest absolute Gasteiger partial charge is 0.381 e. The van der Waals surface area contributed by atoms with Gasteiger partial charge in [-0.1, -0.05) is 17.2 Å². The predicted octanol–water partition coefficient (Wildman–Crippen LogP) is 3.07. The number of ether oxygens (including phenoxy) is 3. The standard InChI is InChI=1S/C19H35N7O5/c1-2-10-29-15-9-26(16-18(27)5-3-11-30-13-7-22-24-20)17-19(28)6-4-12-31-14-8-23-25-21/h2-17H2,1H3. The van der Waals surface area contributed by atoms with E-state index in [0.717, 1.165) is 6.42 Å². The summed E-state index contributed by atoms with van der Waals surface area (Å²) in [6.07, 6.45) is 2.80. The van der Waals surface area contributed by atoms with Gasteiger partial charge in [0.2, 0.25) is 0 Å². The number of ketones is 2. The Morgan fingerprint density at radius 3 is 1.71 bits per heavy atom. The first-order chi connectivity index (χ1) is 15.1. The van der Waals surface area contributed by atoms with Crippen LogP contribution in [-0.4, -0.2) is 88.8 Å². The SMILES string of the molecule is CCCOCCN(CC(=O)CCCOCCN=[N+]=[N-])CC(=O)CCCOCCN=[N+]=[N-]. The van der Waals surface area contributed by atoms with Crippen molar-refractivity contribution >= 4 is 11.6 Å². The van der Waals surface area contributed by atoms with Gasteiger partial charge in [0.05, 0.1) is 32.9 Å². The molecule has 12 heteroatoms. The number of carbonyl (C=O) groups is 2. The fraction of sp³-hybridized carbons (Fsp3) is 0.895. The van der Waals surface area contributed by atoms with Crippen LogP contribution < -0.4 is 0 Å². The van der Waals surface area contributed by atoms with Crippen molar-refractivity contribution in [2.24, 2.45) is 10.2 Å². The highest BCUT2D eigenvalue weighted by Crippen LogP contribution is 2.01. The fourth-order valence-electron chi connectivity index (χ4n) is 2.56. The lowest BCUT2D eigenvalue weighted by Gasteiger charge is -2.21. The molecule has 0 spiro atoms. The molecule has 0 N–H and O–H groups in total. The van der Waals surface area contributed by atoms with E-state index in [2.05, 4.69) is 20.1 Å². The molecule has 0 amide bonds.